The molecule has 0 atom stereocenters. The molecule has 4 nitrogen and oxygen atoms in total. The Balaban J connectivity index is 1.24. The second-order valence-corrected chi connectivity index (χ2v) is 14.8. The summed E-state index contributed by atoms with van der Waals surface area (Å²) in [5.74, 6) is 0.781. The van der Waals surface area contributed by atoms with Crippen LogP contribution in [0.15, 0.2) is 180 Å². The van der Waals surface area contributed by atoms with E-state index in [1.165, 1.54) is 53.9 Å². The third kappa shape index (κ3) is 3.97. The number of benzene rings is 10. The first kappa shape index (κ1) is 29.8. The molecule has 4 heteroatoms. The van der Waals surface area contributed by atoms with Gasteiger partial charge in [-0.15, -0.1) is 0 Å². The Labute approximate surface area is 319 Å². The molecule has 0 amide bonds. The molecular formula is C52H29N3O. The fourth-order valence-electron chi connectivity index (χ4n) is 9.49. The molecule has 0 N–H and O–H groups in total. The van der Waals surface area contributed by atoms with Crippen molar-refractivity contribution in [1.29, 1.82) is 0 Å². The number of rotatable bonds is 2. The lowest BCUT2D eigenvalue weighted by molar-refractivity contribution is 0.669. The Morgan fingerprint density at radius 3 is 1.73 bits per heavy atom. The van der Waals surface area contributed by atoms with E-state index in [-0.39, 0.29) is 0 Å². The molecular weight excluding hydrogens is 683 g/mol. The van der Waals surface area contributed by atoms with Gasteiger partial charge in [0.2, 0.25) is 0 Å². The molecule has 3 aromatic heterocycles. The Morgan fingerprint density at radius 2 is 0.929 bits per heavy atom. The summed E-state index contributed by atoms with van der Waals surface area (Å²) in [4.78, 5) is 11.2. The molecule has 13 aromatic rings. The molecule has 258 valence electrons. The van der Waals surface area contributed by atoms with E-state index < -0.39 is 0 Å². The summed E-state index contributed by atoms with van der Waals surface area (Å²) in [5.41, 5.74) is 7.34. The average Bonchev–Trinajstić information content (AvgIpc) is 3.81. The number of aromatic nitrogens is 3. The van der Waals surface area contributed by atoms with Gasteiger partial charge >= 0.3 is 0 Å². The van der Waals surface area contributed by atoms with E-state index in [9.17, 15) is 0 Å². The van der Waals surface area contributed by atoms with E-state index in [0.717, 1.165) is 71.9 Å². The Morgan fingerprint density at radius 1 is 0.375 bits per heavy atom. The first-order valence-corrected chi connectivity index (χ1v) is 19.1. The minimum atomic E-state index is 0.781. The highest BCUT2D eigenvalue weighted by Gasteiger charge is 2.24. The first-order chi connectivity index (χ1) is 27.8. The molecule has 0 saturated carbocycles. The van der Waals surface area contributed by atoms with Gasteiger partial charge in [-0.1, -0.05) is 140 Å². The van der Waals surface area contributed by atoms with Crippen molar-refractivity contribution in [3.05, 3.63) is 176 Å². The lowest BCUT2D eigenvalue weighted by atomic mass is 9.91. The molecule has 13 rings (SSSR count). The molecule has 0 spiro atoms. The Kier molecular flexibility index (Phi) is 5.86. The lowest BCUT2D eigenvalue weighted by Gasteiger charge is -2.15. The van der Waals surface area contributed by atoms with Gasteiger partial charge in [-0.25, -0.2) is 9.97 Å². The predicted molar refractivity (Wildman–Crippen MR) is 234 cm³/mol. The number of fused-ring (bicyclic) bond motifs is 18. The van der Waals surface area contributed by atoms with Gasteiger partial charge in [0, 0.05) is 37.9 Å². The summed E-state index contributed by atoms with van der Waals surface area (Å²) in [6.07, 6.45) is 0. The van der Waals surface area contributed by atoms with Crippen molar-refractivity contribution in [3.8, 4) is 17.1 Å². The highest BCUT2D eigenvalue weighted by atomic mass is 16.3. The van der Waals surface area contributed by atoms with Crippen LogP contribution in [-0.4, -0.2) is 14.5 Å². The van der Waals surface area contributed by atoms with Crippen LogP contribution in [0.5, 0.6) is 0 Å². The molecule has 10 aromatic carbocycles. The van der Waals surface area contributed by atoms with Crippen LogP contribution in [0.1, 0.15) is 0 Å². The fraction of sp³-hybridized carbons (Fsp3) is 0. The van der Waals surface area contributed by atoms with Gasteiger partial charge in [0.1, 0.15) is 16.9 Å². The third-order valence-corrected chi connectivity index (χ3v) is 11.9. The summed E-state index contributed by atoms with van der Waals surface area (Å²) in [6.45, 7) is 0. The van der Waals surface area contributed by atoms with Crippen molar-refractivity contribution in [1.82, 2.24) is 14.5 Å². The van der Waals surface area contributed by atoms with Crippen LogP contribution < -0.4 is 0 Å². The van der Waals surface area contributed by atoms with Crippen LogP contribution in [0, 0.1) is 0 Å². The van der Waals surface area contributed by atoms with Gasteiger partial charge in [0.05, 0.1) is 22.1 Å². The zero-order valence-corrected chi connectivity index (χ0v) is 30.0. The topological polar surface area (TPSA) is 43.9 Å². The van der Waals surface area contributed by atoms with E-state index in [4.69, 9.17) is 14.4 Å². The van der Waals surface area contributed by atoms with Gasteiger partial charge in [-0.2, -0.15) is 0 Å². The van der Waals surface area contributed by atoms with Crippen LogP contribution in [0.25, 0.3) is 126 Å². The molecule has 0 aliphatic carbocycles. The smallest absolute Gasteiger partial charge is 0.165 e. The molecule has 3 heterocycles. The number of para-hydroxylation sites is 1. The van der Waals surface area contributed by atoms with Crippen molar-refractivity contribution in [3.63, 3.8) is 0 Å². The molecule has 56 heavy (non-hydrogen) atoms. The normalized spacial score (nSPS) is 12.3. The zero-order valence-electron chi connectivity index (χ0n) is 30.0. The average molecular weight is 712 g/mol. The van der Waals surface area contributed by atoms with Gasteiger partial charge in [-0.05, 0) is 79.5 Å². The molecule has 0 bridgehead atoms. The van der Waals surface area contributed by atoms with Crippen LogP contribution in [0.4, 0.5) is 0 Å². The van der Waals surface area contributed by atoms with Crippen LogP contribution in [0.2, 0.25) is 0 Å². The van der Waals surface area contributed by atoms with E-state index in [0.29, 0.717) is 0 Å². The zero-order chi connectivity index (χ0) is 36.5. The minimum Gasteiger partial charge on any atom is -0.456 e. The van der Waals surface area contributed by atoms with Gasteiger partial charge in [-0.3, -0.25) is 4.57 Å². The van der Waals surface area contributed by atoms with Crippen molar-refractivity contribution in [2.24, 2.45) is 0 Å². The second kappa shape index (κ2) is 11.0. The molecule has 0 saturated heterocycles. The number of hydrogen-bond acceptors (Lipinski definition) is 3. The Bertz CT molecular complexity index is 3800. The third-order valence-electron chi connectivity index (χ3n) is 11.9. The summed E-state index contributed by atoms with van der Waals surface area (Å²) < 4.78 is 8.82. The van der Waals surface area contributed by atoms with Crippen molar-refractivity contribution < 1.29 is 4.42 Å². The quantitative estimate of drug-likeness (QED) is 0.168. The minimum absolute atomic E-state index is 0.781. The van der Waals surface area contributed by atoms with Crippen LogP contribution >= 0.6 is 0 Å². The summed E-state index contributed by atoms with van der Waals surface area (Å²) >= 11 is 0. The van der Waals surface area contributed by atoms with Crippen molar-refractivity contribution in [2.75, 3.05) is 0 Å². The molecule has 0 unspecified atom stereocenters. The van der Waals surface area contributed by atoms with Crippen LogP contribution in [-0.2, 0) is 0 Å². The van der Waals surface area contributed by atoms with E-state index >= 15 is 0 Å². The standard InChI is InChI=1S/C52H29N3O/c1-3-13-33-30(11-1)23-27-43-48(33)49-44(28-25-41-37-17-6-5-15-35(37)36-16-7-8-19-40(36)47(41)49)55(43)52-50(54-51-34-14-4-2-12-31(34)22-26-42(51)53-52)32-21-24-39-38-18-9-10-20-45(38)56-46(39)29-32/h1-29H. The number of nitrogens with zero attached hydrogens (tertiary/aromatic N) is 3. The highest BCUT2D eigenvalue weighted by molar-refractivity contribution is 6.38. The monoisotopic (exact) mass is 711 g/mol. The van der Waals surface area contributed by atoms with E-state index in [1.807, 2.05) is 12.1 Å². The summed E-state index contributed by atoms with van der Waals surface area (Å²) in [5, 5.41) is 16.7. The SMILES string of the molecule is c1ccc2c(c1)ccc1nc(-n3c4ccc5ccccc5c4c4c5c6ccccc6c6ccccc6c5ccc43)c(-c3ccc4c(c3)oc3ccccc34)nc12. The predicted octanol–water partition coefficient (Wildman–Crippen LogP) is 14.1. The molecule has 0 fully saturated rings. The maximum absolute atomic E-state index is 6.46. The Hall–Kier alpha value is -7.56. The highest BCUT2D eigenvalue weighted by Crippen LogP contribution is 2.46. The second-order valence-electron chi connectivity index (χ2n) is 14.8. The van der Waals surface area contributed by atoms with Crippen molar-refractivity contribution >= 4 is 109 Å². The number of hydrogen-bond donors (Lipinski definition) is 0. The number of furan rings is 1. The summed E-state index contributed by atoms with van der Waals surface area (Å²) in [7, 11) is 0. The molecule has 0 aliphatic heterocycles. The van der Waals surface area contributed by atoms with Crippen molar-refractivity contribution in [2.45, 2.75) is 0 Å². The summed E-state index contributed by atoms with van der Waals surface area (Å²) in [6, 6.07) is 62.9. The first-order valence-electron chi connectivity index (χ1n) is 19.1. The van der Waals surface area contributed by atoms with Gasteiger partial charge in [0.25, 0.3) is 0 Å². The van der Waals surface area contributed by atoms with Gasteiger partial charge < -0.3 is 4.42 Å². The fourth-order valence-corrected chi connectivity index (χ4v) is 9.49. The van der Waals surface area contributed by atoms with E-state index in [2.05, 4.69) is 168 Å². The maximum Gasteiger partial charge on any atom is 0.165 e. The molecule has 0 aliphatic rings. The molecule has 0 radical (unpaired) electrons. The lowest BCUT2D eigenvalue weighted by Crippen LogP contribution is -2.04. The van der Waals surface area contributed by atoms with Crippen LogP contribution in [0.3, 0.4) is 0 Å². The van der Waals surface area contributed by atoms with E-state index in [1.54, 1.807) is 0 Å². The van der Waals surface area contributed by atoms with Gasteiger partial charge in [0.15, 0.2) is 5.82 Å². The largest absolute Gasteiger partial charge is 0.456 e. The maximum atomic E-state index is 6.46.